The van der Waals surface area contributed by atoms with Crippen molar-refractivity contribution < 1.29 is 9.90 Å². The number of carboxylic acids is 1. The number of aryl methyl sites for hydroxylation is 1. The van der Waals surface area contributed by atoms with Crippen molar-refractivity contribution in [1.29, 1.82) is 0 Å². The predicted octanol–water partition coefficient (Wildman–Crippen LogP) is 0.600. The second kappa shape index (κ2) is 2.10. The van der Waals surface area contributed by atoms with Crippen LogP contribution in [0.4, 0.5) is 0 Å². The largest absolute Gasteiger partial charge is 0.477 e. The van der Waals surface area contributed by atoms with Gasteiger partial charge in [0, 0.05) is 12.4 Å². The standard InChI is InChI=1S/C7H7N3O2/c1-10-6-4(3-8-10)2-5(9-6)7(11)12/h2-3,9H,1H3,(H,11,12). The second-order valence-electron chi connectivity index (χ2n) is 2.56. The summed E-state index contributed by atoms with van der Waals surface area (Å²) in [6, 6.07) is 1.56. The summed E-state index contributed by atoms with van der Waals surface area (Å²) in [5.74, 6) is -0.953. The lowest BCUT2D eigenvalue weighted by molar-refractivity contribution is 0.0691. The molecule has 0 bridgehead atoms. The van der Waals surface area contributed by atoms with Crippen molar-refractivity contribution in [2.45, 2.75) is 0 Å². The van der Waals surface area contributed by atoms with Crippen LogP contribution in [0.25, 0.3) is 11.0 Å². The first kappa shape index (κ1) is 6.90. The van der Waals surface area contributed by atoms with Gasteiger partial charge in [0.2, 0.25) is 0 Å². The summed E-state index contributed by atoms with van der Waals surface area (Å²) >= 11 is 0. The van der Waals surface area contributed by atoms with Crippen molar-refractivity contribution in [3.63, 3.8) is 0 Å². The van der Waals surface area contributed by atoms with Crippen molar-refractivity contribution in [3.8, 4) is 0 Å². The number of aromatic nitrogens is 3. The maximum absolute atomic E-state index is 10.5. The average molecular weight is 165 g/mol. The van der Waals surface area contributed by atoms with Crippen LogP contribution in [-0.4, -0.2) is 25.8 Å². The Morgan fingerprint density at radius 2 is 2.50 bits per heavy atom. The van der Waals surface area contributed by atoms with Gasteiger partial charge in [0.1, 0.15) is 11.3 Å². The molecule has 2 aromatic heterocycles. The molecule has 5 nitrogen and oxygen atoms in total. The summed E-state index contributed by atoms with van der Waals surface area (Å²) in [7, 11) is 1.75. The van der Waals surface area contributed by atoms with Gasteiger partial charge in [0.15, 0.2) is 0 Å². The Labute approximate surface area is 67.6 Å². The molecule has 0 aliphatic carbocycles. The maximum Gasteiger partial charge on any atom is 0.352 e. The van der Waals surface area contributed by atoms with Crippen LogP contribution in [0.3, 0.4) is 0 Å². The number of carbonyl (C=O) groups is 1. The molecule has 2 N–H and O–H groups in total. The third-order valence-corrected chi connectivity index (χ3v) is 1.75. The minimum atomic E-state index is -0.953. The molecule has 0 spiro atoms. The molecule has 5 heteroatoms. The van der Waals surface area contributed by atoms with Gasteiger partial charge in [-0.2, -0.15) is 5.10 Å². The van der Waals surface area contributed by atoms with Gasteiger partial charge in [0.25, 0.3) is 0 Å². The second-order valence-corrected chi connectivity index (χ2v) is 2.56. The van der Waals surface area contributed by atoms with Gasteiger partial charge in [-0.15, -0.1) is 0 Å². The van der Waals surface area contributed by atoms with Crippen molar-refractivity contribution in [1.82, 2.24) is 14.8 Å². The predicted molar refractivity (Wildman–Crippen MR) is 42.0 cm³/mol. The first-order valence-corrected chi connectivity index (χ1v) is 3.42. The third kappa shape index (κ3) is 0.795. The van der Waals surface area contributed by atoms with Crippen molar-refractivity contribution in [3.05, 3.63) is 18.0 Å². The normalized spacial score (nSPS) is 10.8. The summed E-state index contributed by atoms with van der Waals surface area (Å²) in [6.45, 7) is 0. The molecule has 0 fully saturated rings. The van der Waals surface area contributed by atoms with Gasteiger partial charge in [-0.3, -0.25) is 4.68 Å². The molecule has 0 amide bonds. The summed E-state index contributed by atoms with van der Waals surface area (Å²) < 4.78 is 1.60. The number of fused-ring (bicyclic) bond motifs is 1. The van der Waals surface area contributed by atoms with E-state index in [4.69, 9.17) is 5.11 Å². The quantitative estimate of drug-likeness (QED) is 0.650. The highest BCUT2D eigenvalue weighted by Gasteiger charge is 2.09. The van der Waals surface area contributed by atoms with E-state index < -0.39 is 5.97 Å². The van der Waals surface area contributed by atoms with E-state index in [-0.39, 0.29) is 5.69 Å². The Bertz CT molecular complexity index is 440. The molecule has 2 aromatic rings. The molecule has 0 aromatic carbocycles. The zero-order valence-electron chi connectivity index (χ0n) is 6.40. The highest BCUT2D eigenvalue weighted by atomic mass is 16.4. The lowest BCUT2D eigenvalue weighted by Crippen LogP contribution is -1.97. The number of rotatable bonds is 1. The molecule has 0 radical (unpaired) electrons. The van der Waals surface area contributed by atoms with E-state index in [9.17, 15) is 4.79 Å². The van der Waals surface area contributed by atoms with Gasteiger partial charge in [-0.05, 0) is 6.07 Å². The Kier molecular flexibility index (Phi) is 1.21. The van der Waals surface area contributed by atoms with Crippen LogP contribution in [-0.2, 0) is 7.05 Å². The van der Waals surface area contributed by atoms with Gasteiger partial charge >= 0.3 is 5.97 Å². The summed E-state index contributed by atoms with van der Waals surface area (Å²) in [5.41, 5.74) is 0.922. The van der Waals surface area contributed by atoms with E-state index in [0.29, 0.717) is 0 Å². The van der Waals surface area contributed by atoms with Crippen LogP contribution in [0, 0.1) is 0 Å². The van der Waals surface area contributed by atoms with Crippen LogP contribution in [0.2, 0.25) is 0 Å². The maximum atomic E-state index is 10.5. The Balaban J connectivity index is 2.70. The zero-order chi connectivity index (χ0) is 8.72. The molecule has 0 saturated heterocycles. The molecule has 62 valence electrons. The minimum Gasteiger partial charge on any atom is -0.477 e. The van der Waals surface area contributed by atoms with Gasteiger partial charge in [0.05, 0.1) is 6.20 Å². The first-order valence-electron chi connectivity index (χ1n) is 3.42. The summed E-state index contributed by atoms with van der Waals surface area (Å²) in [5, 5.41) is 13.4. The SMILES string of the molecule is Cn1ncc2cc(C(=O)O)[nH]c21. The number of nitrogens with zero attached hydrogens (tertiary/aromatic N) is 2. The fraction of sp³-hybridized carbons (Fsp3) is 0.143. The molecule has 0 aliphatic rings. The monoisotopic (exact) mass is 165 g/mol. The zero-order valence-corrected chi connectivity index (χ0v) is 6.40. The Morgan fingerprint density at radius 3 is 3.08 bits per heavy atom. The van der Waals surface area contributed by atoms with Gasteiger partial charge in [-0.25, -0.2) is 4.79 Å². The fourth-order valence-electron chi connectivity index (χ4n) is 1.15. The van der Waals surface area contributed by atoms with Crippen molar-refractivity contribution in [2.24, 2.45) is 7.05 Å². The number of nitrogens with one attached hydrogen (secondary N) is 1. The Hall–Kier alpha value is -1.78. The van der Waals surface area contributed by atoms with Crippen LogP contribution < -0.4 is 0 Å². The molecular weight excluding hydrogens is 158 g/mol. The lowest BCUT2D eigenvalue weighted by atomic mass is 10.4. The van der Waals surface area contributed by atoms with Crippen molar-refractivity contribution >= 4 is 17.0 Å². The van der Waals surface area contributed by atoms with Crippen LogP contribution in [0.1, 0.15) is 10.5 Å². The molecule has 2 heterocycles. The fourth-order valence-corrected chi connectivity index (χ4v) is 1.15. The molecule has 0 saturated carbocycles. The first-order chi connectivity index (χ1) is 5.68. The molecule has 0 atom stereocenters. The molecular formula is C7H7N3O2. The molecule has 0 unspecified atom stereocenters. The number of hydrogen-bond donors (Lipinski definition) is 2. The summed E-state index contributed by atoms with van der Waals surface area (Å²) in [4.78, 5) is 13.3. The number of hydrogen-bond acceptors (Lipinski definition) is 2. The number of carboxylic acid groups (broad SMARTS) is 1. The smallest absolute Gasteiger partial charge is 0.352 e. The van der Waals surface area contributed by atoms with E-state index in [1.807, 2.05) is 0 Å². The molecule has 12 heavy (non-hydrogen) atoms. The Morgan fingerprint density at radius 1 is 1.75 bits per heavy atom. The number of aromatic amines is 1. The van der Waals surface area contributed by atoms with Crippen LogP contribution in [0.15, 0.2) is 12.3 Å². The highest BCUT2D eigenvalue weighted by molar-refractivity contribution is 5.92. The van der Waals surface area contributed by atoms with Crippen LogP contribution >= 0.6 is 0 Å². The van der Waals surface area contributed by atoms with Gasteiger partial charge in [-0.1, -0.05) is 0 Å². The van der Waals surface area contributed by atoms with E-state index in [2.05, 4.69) is 10.1 Å². The summed E-state index contributed by atoms with van der Waals surface area (Å²) in [6.07, 6.45) is 1.62. The van der Waals surface area contributed by atoms with Crippen LogP contribution in [0.5, 0.6) is 0 Å². The molecule has 0 aliphatic heterocycles. The van der Waals surface area contributed by atoms with E-state index in [1.54, 1.807) is 24.0 Å². The number of H-pyrrole nitrogens is 1. The van der Waals surface area contributed by atoms with E-state index in [0.717, 1.165) is 11.0 Å². The minimum absolute atomic E-state index is 0.193. The highest BCUT2D eigenvalue weighted by Crippen LogP contribution is 2.13. The van der Waals surface area contributed by atoms with E-state index in [1.165, 1.54) is 0 Å². The topological polar surface area (TPSA) is 70.9 Å². The lowest BCUT2D eigenvalue weighted by Gasteiger charge is -1.88. The van der Waals surface area contributed by atoms with E-state index >= 15 is 0 Å². The average Bonchev–Trinajstić information content (AvgIpc) is 2.53. The van der Waals surface area contributed by atoms with Crippen molar-refractivity contribution in [2.75, 3.05) is 0 Å². The molecule has 2 rings (SSSR count). The third-order valence-electron chi connectivity index (χ3n) is 1.75. The van der Waals surface area contributed by atoms with Gasteiger partial charge < -0.3 is 10.1 Å². The number of aromatic carboxylic acids is 1.